The molecule has 0 bridgehead atoms. The zero-order valence-electron chi connectivity index (χ0n) is 15.4. The van der Waals surface area contributed by atoms with Gasteiger partial charge < -0.3 is 10.6 Å². The van der Waals surface area contributed by atoms with Crippen molar-refractivity contribution < 1.29 is 4.79 Å². The summed E-state index contributed by atoms with van der Waals surface area (Å²) in [5, 5.41) is 6.11. The van der Waals surface area contributed by atoms with Gasteiger partial charge in [0.25, 0.3) is 5.91 Å². The van der Waals surface area contributed by atoms with Crippen LogP contribution in [0.15, 0.2) is 73.6 Å². The molecule has 9 nitrogen and oxygen atoms in total. The van der Waals surface area contributed by atoms with E-state index in [1.54, 1.807) is 35.3 Å². The number of hydrogen-bond donors (Lipinski definition) is 2. The van der Waals surface area contributed by atoms with Crippen LogP contribution in [0.2, 0.25) is 0 Å². The van der Waals surface area contributed by atoms with E-state index in [0.29, 0.717) is 28.4 Å². The number of aromatic nitrogens is 6. The van der Waals surface area contributed by atoms with Crippen LogP contribution in [0.4, 0.5) is 17.2 Å². The number of carbonyl (C=O) groups is 1. The fraction of sp³-hybridized carbons (Fsp3) is 0. The summed E-state index contributed by atoms with van der Waals surface area (Å²) in [4.78, 5) is 25.0. The van der Waals surface area contributed by atoms with Crippen molar-refractivity contribution in [2.75, 3.05) is 10.6 Å². The third-order valence-electron chi connectivity index (χ3n) is 4.35. The molecule has 0 aliphatic carbocycles. The topological polar surface area (TPSA) is 111 Å². The highest BCUT2D eigenvalue weighted by Crippen LogP contribution is 2.20. The number of nitrogens with zero attached hydrogens (tertiary/aromatic N) is 6. The molecule has 146 valence electrons. The molecular weight excluding hydrogens is 400 g/mol. The molecule has 30 heavy (non-hydrogen) atoms. The summed E-state index contributed by atoms with van der Waals surface area (Å²) >= 11 is 1.13. The third-order valence-corrected chi connectivity index (χ3v) is 4.91. The van der Waals surface area contributed by atoms with Gasteiger partial charge in [-0.15, -0.1) is 0 Å². The van der Waals surface area contributed by atoms with Crippen LogP contribution in [0.5, 0.6) is 0 Å². The minimum Gasteiger partial charge on any atom is -0.340 e. The number of carbonyl (C=O) groups excluding carboxylic acids is 1. The Morgan fingerprint density at radius 1 is 0.933 bits per heavy atom. The van der Waals surface area contributed by atoms with E-state index in [1.165, 1.54) is 6.33 Å². The van der Waals surface area contributed by atoms with Crippen LogP contribution in [0.1, 0.15) is 10.4 Å². The van der Waals surface area contributed by atoms with Crippen LogP contribution in [0.3, 0.4) is 0 Å². The van der Waals surface area contributed by atoms with Gasteiger partial charge in [-0.05, 0) is 42.5 Å². The van der Waals surface area contributed by atoms with E-state index in [-0.39, 0.29) is 5.91 Å². The molecule has 0 aliphatic rings. The Morgan fingerprint density at radius 2 is 1.77 bits per heavy atom. The first-order valence-corrected chi connectivity index (χ1v) is 9.69. The normalized spacial score (nSPS) is 10.8. The van der Waals surface area contributed by atoms with Crippen LogP contribution < -0.4 is 10.6 Å². The number of nitrogens with one attached hydrogen (secondary N) is 2. The van der Waals surface area contributed by atoms with E-state index in [0.717, 1.165) is 22.9 Å². The van der Waals surface area contributed by atoms with E-state index < -0.39 is 0 Å². The van der Waals surface area contributed by atoms with Crippen molar-refractivity contribution in [1.29, 1.82) is 0 Å². The third kappa shape index (κ3) is 3.71. The maximum absolute atomic E-state index is 12.5. The molecular formula is C20H14N8OS. The smallest absolute Gasteiger partial charge is 0.255 e. The Kier molecular flexibility index (Phi) is 4.58. The highest BCUT2D eigenvalue weighted by atomic mass is 32.1. The Bertz CT molecular complexity index is 1310. The van der Waals surface area contributed by atoms with E-state index in [2.05, 4.69) is 34.3 Å². The van der Waals surface area contributed by atoms with Crippen molar-refractivity contribution in [2.24, 2.45) is 0 Å². The number of amides is 1. The standard InChI is InChI=1S/C20H14N8OS/c29-20(13-1-6-16-17(9-13)27-30-26-16)25-15-4-2-14(3-5-15)24-18-10-19(23-11-22-18)28-8-7-21-12-28/h1-12H,(H,25,29)(H,22,23,24). The molecule has 0 fully saturated rings. The van der Waals surface area contributed by atoms with Gasteiger partial charge in [0.2, 0.25) is 0 Å². The molecule has 0 spiro atoms. The lowest BCUT2D eigenvalue weighted by Crippen LogP contribution is -2.11. The summed E-state index contributed by atoms with van der Waals surface area (Å²) in [5.41, 5.74) is 3.55. The van der Waals surface area contributed by atoms with Gasteiger partial charge in [0.15, 0.2) is 0 Å². The zero-order chi connectivity index (χ0) is 20.3. The first-order chi connectivity index (χ1) is 14.7. The molecule has 3 aromatic heterocycles. The number of hydrogen-bond acceptors (Lipinski definition) is 8. The highest BCUT2D eigenvalue weighted by Gasteiger charge is 2.09. The predicted octanol–water partition coefficient (Wildman–Crippen LogP) is 3.66. The van der Waals surface area contributed by atoms with Gasteiger partial charge >= 0.3 is 0 Å². The van der Waals surface area contributed by atoms with Crippen molar-refractivity contribution in [3.05, 3.63) is 79.1 Å². The van der Waals surface area contributed by atoms with Crippen LogP contribution in [-0.2, 0) is 0 Å². The lowest BCUT2D eigenvalue weighted by atomic mass is 10.2. The summed E-state index contributed by atoms with van der Waals surface area (Å²) < 4.78 is 10.1. The van der Waals surface area contributed by atoms with Crippen molar-refractivity contribution in [3.8, 4) is 5.82 Å². The molecule has 0 aliphatic heterocycles. The summed E-state index contributed by atoms with van der Waals surface area (Å²) in [7, 11) is 0. The van der Waals surface area contributed by atoms with Crippen LogP contribution in [0.25, 0.3) is 16.9 Å². The number of anilines is 3. The van der Waals surface area contributed by atoms with E-state index in [1.807, 2.05) is 36.5 Å². The molecule has 3 heterocycles. The van der Waals surface area contributed by atoms with Crippen LogP contribution >= 0.6 is 11.7 Å². The first-order valence-electron chi connectivity index (χ1n) is 8.96. The van der Waals surface area contributed by atoms with Crippen LogP contribution in [-0.4, -0.2) is 34.2 Å². The van der Waals surface area contributed by atoms with Crippen molar-refractivity contribution >= 4 is 45.9 Å². The minimum atomic E-state index is -0.202. The first kappa shape index (κ1) is 17.9. The maximum Gasteiger partial charge on any atom is 0.255 e. The van der Waals surface area contributed by atoms with Gasteiger partial charge in [-0.3, -0.25) is 9.36 Å². The van der Waals surface area contributed by atoms with Gasteiger partial charge in [0, 0.05) is 35.4 Å². The Balaban J connectivity index is 1.27. The summed E-state index contributed by atoms with van der Waals surface area (Å²) in [6.07, 6.45) is 6.66. The molecule has 0 unspecified atom stereocenters. The average Bonchev–Trinajstić information content (AvgIpc) is 3.47. The molecule has 0 atom stereocenters. The highest BCUT2D eigenvalue weighted by molar-refractivity contribution is 7.00. The lowest BCUT2D eigenvalue weighted by molar-refractivity contribution is 0.102. The van der Waals surface area contributed by atoms with Gasteiger partial charge in [0.1, 0.15) is 35.3 Å². The number of imidazole rings is 1. The van der Waals surface area contributed by atoms with Crippen LogP contribution in [0, 0.1) is 0 Å². The molecule has 0 saturated carbocycles. The molecule has 5 rings (SSSR count). The predicted molar refractivity (Wildman–Crippen MR) is 114 cm³/mol. The quantitative estimate of drug-likeness (QED) is 0.451. The van der Waals surface area contributed by atoms with E-state index in [9.17, 15) is 4.79 Å². The van der Waals surface area contributed by atoms with E-state index in [4.69, 9.17) is 0 Å². The Morgan fingerprint density at radius 3 is 2.60 bits per heavy atom. The molecule has 10 heteroatoms. The Labute approximate surface area is 174 Å². The van der Waals surface area contributed by atoms with Crippen molar-refractivity contribution in [1.82, 2.24) is 28.3 Å². The summed E-state index contributed by atoms with van der Waals surface area (Å²) in [6.45, 7) is 0. The summed E-state index contributed by atoms with van der Waals surface area (Å²) in [6, 6.07) is 14.5. The van der Waals surface area contributed by atoms with E-state index >= 15 is 0 Å². The second-order valence-electron chi connectivity index (χ2n) is 6.36. The van der Waals surface area contributed by atoms with Gasteiger partial charge in [0.05, 0.1) is 11.7 Å². The molecule has 1 amide bonds. The fourth-order valence-electron chi connectivity index (χ4n) is 2.86. The number of benzene rings is 2. The molecule has 0 saturated heterocycles. The molecule has 5 aromatic rings. The maximum atomic E-state index is 12.5. The monoisotopic (exact) mass is 414 g/mol. The minimum absolute atomic E-state index is 0.202. The Hall–Kier alpha value is -4.18. The molecule has 0 radical (unpaired) electrons. The largest absolute Gasteiger partial charge is 0.340 e. The zero-order valence-corrected chi connectivity index (χ0v) is 16.2. The second kappa shape index (κ2) is 7.68. The van der Waals surface area contributed by atoms with Gasteiger partial charge in [-0.1, -0.05) is 0 Å². The van der Waals surface area contributed by atoms with Gasteiger partial charge in [-0.2, -0.15) is 8.75 Å². The number of rotatable bonds is 5. The SMILES string of the molecule is O=C(Nc1ccc(Nc2cc(-n3ccnc3)ncn2)cc1)c1ccc2nsnc2c1. The second-order valence-corrected chi connectivity index (χ2v) is 6.88. The summed E-state index contributed by atoms with van der Waals surface area (Å²) in [5.74, 6) is 1.16. The fourth-order valence-corrected chi connectivity index (χ4v) is 3.38. The molecule has 2 N–H and O–H groups in total. The average molecular weight is 414 g/mol. The van der Waals surface area contributed by atoms with Crippen molar-refractivity contribution in [3.63, 3.8) is 0 Å². The number of fused-ring (bicyclic) bond motifs is 1. The van der Waals surface area contributed by atoms with Gasteiger partial charge in [-0.25, -0.2) is 15.0 Å². The molecule has 2 aromatic carbocycles. The lowest BCUT2D eigenvalue weighted by Gasteiger charge is -2.09. The van der Waals surface area contributed by atoms with Crippen molar-refractivity contribution in [2.45, 2.75) is 0 Å².